The zero-order chi connectivity index (χ0) is 21.4. The first-order valence-electron chi connectivity index (χ1n) is 9.43. The molecule has 2 aromatic carbocycles. The molecule has 0 bridgehead atoms. The number of carbonyl (C=O) groups is 1. The van der Waals surface area contributed by atoms with Crippen molar-refractivity contribution in [1.82, 2.24) is 10.0 Å². The SMILES string of the molecule is CCOc1ccc(S(=O)(=O)NC(C)C(=O)NCCc2ccc(OC)cc2)cc1C. The molecule has 1 atom stereocenters. The molecule has 1 unspecified atom stereocenters. The highest BCUT2D eigenvalue weighted by atomic mass is 32.2. The average Bonchev–Trinajstić information content (AvgIpc) is 2.69. The van der Waals surface area contributed by atoms with E-state index in [9.17, 15) is 13.2 Å². The lowest BCUT2D eigenvalue weighted by Crippen LogP contribution is -2.45. The van der Waals surface area contributed by atoms with Crippen LogP contribution in [-0.2, 0) is 21.2 Å². The summed E-state index contributed by atoms with van der Waals surface area (Å²) in [6.45, 7) is 6.06. The van der Waals surface area contributed by atoms with E-state index in [0.29, 0.717) is 30.9 Å². The fraction of sp³-hybridized carbons (Fsp3) is 0.381. The van der Waals surface area contributed by atoms with Gasteiger partial charge < -0.3 is 14.8 Å². The first-order valence-corrected chi connectivity index (χ1v) is 10.9. The van der Waals surface area contributed by atoms with Crippen LogP contribution in [0.15, 0.2) is 47.4 Å². The van der Waals surface area contributed by atoms with Crippen molar-refractivity contribution in [1.29, 1.82) is 0 Å². The van der Waals surface area contributed by atoms with E-state index in [1.54, 1.807) is 20.1 Å². The lowest BCUT2D eigenvalue weighted by Gasteiger charge is -2.15. The molecule has 0 aliphatic heterocycles. The van der Waals surface area contributed by atoms with Gasteiger partial charge in [0, 0.05) is 6.54 Å². The van der Waals surface area contributed by atoms with E-state index in [1.165, 1.54) is 19.1 Å². The monoisotopic (exact) mass is 420 g/mol. The van der Waals surface area contributed by atoms with Crippen LogP contribution in [0.2, 0.25) is 0 Å². The Morgan fingerprint density at radius 3 is 2.41 bits per heavy atom. The summed E-state index contributed by atoms with van der Waals surface area (Å²) in [7, 11) is -2.22. The minimum Gasteiger partial charge on any atom is -0.497 e. The van der Waals surface area contributed by atoms with Crippen LogP contribution in [0.1, 0.15) is 25.0 Å². The van der Waals surface area contributed by atoms with Crippen molar-refractivity contribution in [3.63, 3.8) is 0 Å². The van der Waals surface area contributed by atoms with Gasteiger partial charge in [0.25, 0.3) is 0 Å². The minimum atomic E-state index is -3.82. The molecule has 0 spiro atoms. The summed E-state index contributed by atoms with van der Waals surface area (Å²) in [4.78, 5) is 12.4. The van der Waals surface area contributed by atoms with Crippen LogP contribution in [0.4, 0.5) is 0 Å². The number of sulfonamides is 1. The Bertz CT molecular complexity index is 927. The maximum absolute atomic E-state index is 12.6. The third-order valence-electron chi connectivity index (χ3n) is 4.35. The Balaban J connectivity index is 1.90. The van der Waals surface area contributed by atoms with Gasteiger partial charge in [-0.15, -0.1) is 0 Å². The van der Waals surface area contributed by atoms with Gasteiger partial charge in [-0.05, 0) is 68.7 Å². The van der Waals surface area contributed by atoms with E-state index in [-0.39, 0.29) is 10.8 Å². The highest BCUT2D eigenvalue weighted by Crippen LogP contribution is 2.22. The standard InChI is InChI=1S/C21H28N2O5S/c1-5-28-20-11-10-19(14-15(20)2)29(25,26)23-16(3)21(24)22-13-12-17-6-8-18(27-4)9-7-17/h6-11,14,16,23H,5,12-13H2,1-4H3,(H,22,24). The summed E-state index contributed by atoms with van der Waals surface area (Å²) in [5, 5.41) is 2.75. The van der Waals surface area contributed by atoms with Crippen molar-refractivity contribution in [3.05, 3.63) is 53.6 Å². The number of nitrogens with one attached hydrogen (secondary N) is 2. The van der Waals surface area contributed by atoms with Crippen molar-refractivity contribution in [2.24, 2.45) is 0 Å². The Labute approximate surface area is 172 Å². The molecule has 0 saturated carbocycles. The van der Waals surface area contributed by atoms with Gasteiger partial charge in [0.1, 0.15) is 11.5 Å². The normalized spacial score (nSPS) is 12.3. The average molecular weight is 421 g/mol. The summed E-state index contributed by atoms with van der Waals surface area (Å²) in [6.07, 6.45) is 0.632. The largest absolute Gasteiger partial charge is 0.497 e. The van der Waals surface area contributed by atoms with Gasteiger partial charge in [0.15, 0.2) is 0 Å². The number of carbonyl (C=O) groups excluding carboxylic acids is 1. The quantitative estimate of drug-likeness (QED) is 0.616. The Morgan fingerprint density at radius 2 is 1.83 bits per heavy atom. The van der Waals surface area contributed by atoms with Crippen LogP contribution in [0.3, 0.4) is 0 Å². The number of amides is 1. The molecule has 0 aliphatic carbocycles. The van der Waals surface area contributed by atoms with Crippen molar-refractivity contribution in [3.8, 4) is 11.5 Å². The summed E-state index contributed by atoms with van der Waals surface area (Å²) >= 11 is 0. The van der Waals surface area contributed by atoms with Crippen LogP contribution >= 0.6 is 0 Å². The summed E-state index contributed by atoms with van der Waals surface area (Å²) in [6, 6.07) is 11.3. The van der Waals surface area contributed by atoms with E-state index in [0.717, 1.165) is 11.3 Å². The van der Waals surface area contributed by atoms with Crippen LogP contribution in [0.5, 0.6) is 11.5 Å². The van der Waals surface area contributed by atoms with Crippen molar-refractivity contribution in [2.75, 3.05) is 20.3 Å². The molecule has 29 heavy (non-hydrogen) atoms. The van der Waals surface area contributed by atoms with Crippen molar-refractivity contribution < 1.29 is 22.7 Å². The second-order valence-electron chi connectivity index (χ2n) is 6.59. The molecule has 1 amide bonds. The van der Waals surface area contributed by atoms with Crippen molar-refractivity contribution in [2.45, 2.75) is 38.1 Å². The minimum absolute atomic E-state index is 0.0938. The summed E-state index contributed by atoms with van der Waals surface area (Å²) in [5.74, 6) is 1.02. The first-order chi connectivity index (χ1) is 13.8. The molecule has 7 nitrogen and oxygen atoms in total. The van der Waals surface area contributed by atoms with Gasteiger partial charge in [0.05, 0.1) is 24.7 Å². The lowest BCUT2D eigenvalue weighted by molar-refractivity contribution is -0.122. The zero-order valence-electron chi connectivity index (χ0n) is 17.2. The fourth-order valence-electron chi connectivity index (χ4n) is 2.74. The summed E-state index contributed by atoms with van der Waals surface area (Å²) in [5.41, 5.74) is 1.76. The van der Waals surface area contributed by atoms with Crippen LogP contribution in [0, 0.1) is 6.92 Å². The molecular weight excluding hydrogens is 392 g/mol. The topological polar surface area (TPSA) is 93.7 Å². The highest BCUT2D eigenvalue weighted by Gasteiger charge is 2.22. The van der Waals surface area contributed by atoms with Gasteiger partial charge in [-0.2, -0.15) is 4.72 Å². The highest BCUT2D eigenvalue weighted by molar-refractivity contribution is 7.89. The van der Waals surface area contributed by atoms with Crippen LogP contribution in [-0.4, -0.2) is 40.6 Å². The van der Waals surface area contributed by atoms with Crippen LogP contribution in [0.25, 0.3) is 0 Å². The third-order valence-corrected chi connectivity index (χ3v) is 5.89. The van der Waals surface area contributed by atoms with Gasteiger partial charge in [-0.1, -0.05) is 12.1 Å². The molecule has 0 aliphatic rings. The van der Waals surface area contributed by atoms with Gasteiger partial charge in [0.2, 0.25) is 15.9 Å². The second-order valence-corrected chi connectivity index (χ2v) is 8.31. The molecule has 0 heterocycles. The van der Waals surface area contributed by atoms with E-state index in [2.05, 4.69) is 10.0 Å². The zero-order valence-corrected chi connectivity index (χ0v) is 18.0. The number of methoxy groups -OCH3 is 1. The van der Waals surface area contributed by atoms with Gasteiger partial charge >= 0.3 is 0 Å². The third kappa shape index (κ3) is 6.47. The molecule has 0 saturated heterocycles. The number of benzene rings is 2. The van der Waals surface area contributed by atoms with Gasteiger partial charge in [-0.25, -0.2) is 8.42 Å². The number of hydrogen-bond donors (Lipinski definition) is 2. The van der Waals surface area contributed by atoms with E-state index in [4.69, 9.17) is 9.47 Å². The predicted octanol–water partition coefficient (Wildman–Crippen LogP) is 2.43. The number of aryl methyl sites for hydroxylation is 1. The van der Waals surface area contributed by atoms with E-state index >= 15 is 0 Å². The molecule has 0 aromatic heterocycles. The fourth-order valence-corrected chi connectivity index (χ4v) is 4.02. The van der Waals surface area contributed by atoms with E-state index < -0.39 is 16.1 Å². The molecule has 2 N–H and O–H groups in total. The molecule has 0 radical (unpaired) electrons. The number of hydrogen-bond acceptors (Lipinski definition) is 5. The Morgan fingerprint density at radius 1 is 1.14 bits per heavy atom. The number of ether oxygens (including phenoxy) is 2. The Kier molecular flexibility index (Phi) is 8.04. The van der Waals surface area contributed by atoms with Crippen molar-refractivity contribution >= 4 is 15.9 Å². The van der Waals surface area contributed by atoms with Crippen LogP contribution < -0.4 is 19.5 Å². The van der Waals surface area contributed by atoms with Gasteiger partial charge in [-0.3, -0.25) is 4.79 Å². The second kappa shape index (κ2) is 10.3. The molecule has 0 fully saturated rings. The van der Waals surface area contributed by atoms with E-state index in [1.807, 2.05) is 31.2 Å². The maximum Gasteiger partial charge on any atom is 0.241 e. The summed E-state index contributed by atoms with van der Waals surface area (Å²) < 4.78 is 38.1. The molecule has 8 heteroatoms. The maximum atomic E-state index is 12.6. The Hall–Kier alpha value is -2.58. The molecule has 2 rings (SSSR count). The molecule has 158 valence electrons. The molecular formula is C21H28N2O5S. The lowest BCUT2D eigenvalue weighted by atomic mass is 10.1. The molecule has 2 aromatic rings. The first kappa shape index (κ1) is 22.7. The predicted molar refractivity (Wildman–Crippen MR) is 112 cm³/mol. The number of rotatable bonds is 10. The smallest absolute Gasteiger partial charge is 0.241 e.